The van der Waals surface area contributed by atoms with Gasteiger partial charge in [-0.05, 0) is 30.9 Å². The van der Waals surface area contributed by atoms with Gasteiger partial charge in [0.25, 0.3) is 0 Å². The van der Waals surface area contributed by atoms with Gasteiger partial charge in [-0.3, -0.25) is 4.98 Å². The Morgan fingerprint density at radius 3 is 3.36 bits per heavy atom. The lowest BCUT2D eigenvalue weighted by molar-refractivity contribution is 0.795. The molecule has 0 N–H and O–H groups in total. The quantitative estimate of drug-likeness (QED) is 0.593. The third-order valence-electron chi connectivity index (χ3n) is 2.65. The van der Waals surface area contributed by atoms with Crippen molar-refractivity contribution < 1.29 is 0 Å². The molecule has 0 spiro atoms. The molecular formula is C12H14BrN. The molecule has 1 atom stereocenters. The first kappa shape index (κ1) is 9.91. The Morgan fingerprint density at radius 1 is 1.57 bits per heavy atom. The minimum Gasteiger partial charge on any atom is -0.260 e. The molecule has 0 radical (unpaired) electrons. The highest BCUT2D eigenvalue weighted by atomic mass is 79.9. The molecule has 74 valence electrons. The van der Waals surface area contributed by atoms with Crippen molar-refractivity contribution >= 4 is 15.9 Å². The van der Waals surface area contributed by atoms with Crippen molar-refractivity contribution in [3.05, 3.63) is 41.7 Å². The first-order chi connectivity index (χ1) is 6.92. The Kier molecular flexibility index (Phi) is 3.35. The molecule has 0 bridgehead atoms. The fourth-order valence-electron chi connectivity index (χ4n) is 1.95. The van der Waals surface area contributed by atoms with Gasteiger partial charge in [0.15, 0.2) is 0 Å². The summed E-state index contributed by atoms with van der Waals surface area (Å²) >= 11 is 3.42. The van der Waals surface area contributed by atoms with Crippen molar-refractivity contribution in [3.8, 4) is 0 Å². The second-order valence-corrected chi connectivity index (χ2v) is 4.39. The molecule has 0 saturated heterocycles. The Labute approximate surface area is 93.4 Å². The van der Waals surface area contributed by atoms with Crippen LogP contribution in [-0.2, 0) is 6.42 Å². The van der Waals surface area contributed by atoms with Crippen LogP contribution in [0.5, 0.6) is 0 Å². The van der Waals surface area contributed by atoms with Crippen LogP contribution in [0.2, 0.25) is 0 Å². The molecule has 0 aliphatic heterocycles. The number of aryl methyl sites for hydroxylation is 1. The van der Waals surface area contributed by atoms with Gasteiger partial charge in [-0.2, -0.15) is 0 Å². The number of hydrogen-bond acceptors (Lipinski definition) is 1. The molecular weight excluding hydrogens is 238 g/mol. The molecule has 1 heterocycles. The number of aromatic nitrogens is 1. The van der Waals surface area contributed by atoms with E-state index in [0.717, 1.165) is 11.8 Å². The van der Waals surface area contributed by atoms with Gasteiger partial charge in [0.1, 0.15) is 0 Å². The lowest BCUT2D eigenvalue weighted by Crippen LogP contribution is -1.92. The molecule has 0 saturated carbocycles. The van der Waals surface area contributed by atoms with Crippen LogP contribution in [0, 0.1) is 0 Å². The summed E-state index contributed by atoms with van der Waals surface area (Å²) in [6, 6.07) is 4.23. The Bertz CT molecular complexity index is 333. The van der Waals surface area contributed by atoms with E-state index < -0.39 is 0 Å². The second-order valence-electron chi connectivity index (χ2n) is 3.60. The maximum absolute atomic E-state index is 4.46. The highest BCUT2D eigenvalue weighted by molar-refractivity contribution is 9.09. The van der Waals surface area contributed by atoms with Crippen LogP contribution in [0.4, 0.5) is 0 Å². The summed E-state index contributed by atoms with van der Waals surface area (Å²) in [4.78, 5) is 4.46. The van der Waals surface area contributed by atoms with Crippen LogP contribution < -0.4 is 0 Å². The van der Waals surface area contributed by atoms with Crippen molar-refractivity contribution in [2.24, 2.45) is 0 Å². The normalized spacial score (nSPS) is 20.2. The smallest absolute Gasteiger partial charge is 0.0504 e. The van der Waals surface area contributed by atoms with E-state index in [1.807, 2.05) is 12.3 Å². The highest BCUT2D eigenvalue weighted by Crippen LogP contribution is 2.31. The van der Waals surface area contributed by atoms with Crippen LogP contribution in [0.25, 0.3) is 0 Å². The Balaban J connectivity index is 2.10. The van der Waals surface area contributed by atoms with Crippen molar-refractivity contribution in [1.82, 2.24) is 4.98 Å². The molecule has 14 heavy (non-hydrogen) atoms. The SMILES string of the molecule is BrCCC=CC1CCc2cccnc21. The van der Waals surface area contributed by atoms with Gasteiger partial charge in [0.05, 0.1) is 5.69 Å². The molecule has 0 fully saturated rings. The standard InChI is InChI=1S/C12H14BrN/c13-8-2-1-4-10-6-7-11-5-3-9-14-12(10)11/h1,3-5,9-10H,2,6-8H2. The Morgan fingerprint density at radius 2 is 2.50 bits per heavy atom. The lowest BCUT2D eigenvalue weighted by Gasteiger charge is -2.03. The minimum atomic E-state index is 0.560. The third kappa shape index (κ3) is 2.06. The molecule has 1 unspecified atom stereocenters. The van der Waals surface area contributed by atoms with Crippen LogP contribution in [0.3, 0.4) is 0 Å². The molecule has 1 nitrogen and oxygen atoms in total. The van der Waals surface area contributed by atoms with E-state index in [-0.39, 0.29) is 0 Å². The van der Waals surface area contributed by atoms with Crippen molar-refractivity contribution in [2.75, 3.05) is 5.33 Å². The van der Waals surface area contributed by atoms with Crippen LogP contribution >= 0.6 is 15.9 Å². The summed E-state index contributed by atoms with van der Waals surface area (Å²) in [5, 5.41) is 1.05. The van der Waals surface area contributed by atoms with E-state index in [1.165, 1.54) is 24.1 Å². The summed E-state index contributed by atoms with van der Waals surface area (Å²) in [5.74, 6) is 0.560. The topological polar surface area (TPSA) is 12.9 Å². The maximum atomic E-state index is 4.46. The van der Waals surface area contributed by atoms with Crippen molar-refractivity contribution in [1.29, 1.82) is 0 Å². The number of nitrogens with zero attached hydrogens (tertiary/aromatic N) is 1. The summed E-state index contributed by atoms with van der Waals surface area (Å²) < 4.78 is 0. The first-order valence-electron chi connectivity index (χ1n) is 5.08. The zero-order valence-corrected chi connectivity index (χ0v) is 9.70. The zero-order chi connectivity index (χ0) is 9.80. The highest BCUT2D eigenvalue weighted by Gasteiger charge is 2.20. The van der Waals surface area contributed by atoms with E-state index in [9.17, 15) is 0 Å². The number of allylic oxidation sites excluding steroid dienone is 2. The van der Waals surface area contributed by atoms with Gasteiger partial charge in [0.2, 0.25) is 0 Å². The molecule has 1 aliphatic rings. The largest absolute Gasteiger partial charge is 0.260 e. The fourth-order valence-corrected chi connectivity index (χ4v) is 2.22. The molecule has 1 aliphatic carbocycles. The van der Waals surface area contributed by atoms with Crippen LogP contribution in [0.15, 0.2) is 30.5 Å². The number of rotatable bonds is 3. The summed E-state index contributed by atoms with van der Waals surface area (Å²) in [7, 11) is 0. The molecule has 2 heteroatoms. The number of pyridine rings is 1. The lowest BCUT2D eigenvalue weighted by atomic mass is 10.1. The van der Waals surface area contributed by atoms with Crippen LogP contribution in [-0.4, -0.2) is 10.3 Å². The molecule has 2 rings (SSSR count). The summed E-state index contributed by atoms with van der Waals surface area (Å²) in [6.07, 6.45) is 9.98. The van der Waals surface area contributed by atoms with Crippen LogP contribution in [0.1, 0.15) is 30.0 Å². The van der Waals surface area contributed by atoms with E-state index in [0.29, 0.717) is 5.92 Å². The van der Waals surface area contributed by atoms with Gasteiger partial charge in [-0.25, -0.2) is 0 Å². The number of alkyl halides is 1. The van der Waals surface area contributed by atoms with Gasteiger partial charge < -0.3 is 0 Å². The van der Waals surface area contributed by atoms with Crippen molar-refractivity contribution in [3.63, 3.8) is 0 Å². The van der Waals surface area contributed by atoms with E-state index in [1.54, 1.807) is 0 Å². The Hall–Kier alpha value is -0.630. The zero-order valence-electron chi connectivity index (χ0n) is 8.12. The summed E-state index contributed by atoms with van der Waals surface area (Å²) in [6.45, 7) is 0. The van der Waals surface area contributed by atoms with E-state index in [4.69, 9.17) is 0 Å². The number of fused-ring (bicyclic) bond motifs is 1. The first-order valence-corrected chi connectivity index (χ1v) is 6.20. The van der Waals surface area contributed by atoms with E-state index in [2.05, 4.69) is 39.1 Å². The second kappa shape index (κ2) is 4.74. The summed E-state index contributed by atoms with van der Waals surface area (Å²) in [5.41, 5.74) is 2.72. The van der Waals surface area contributed by atoms with Crippen molar-refractivity contribution in [2.45, 2.75) is 25.2 Å². The van der Waals surface area contributed by atoms with Gasteiger partial charge in [-0.1, -0.05) is 34.1 Å². The average Bonchev–Trinajstić information content (AvgIpc) is 2.63. The minimum absolute atomic E-state index is 0.560. The van der Waals surface area contributed by atoms with Gasteiger partial charge in [-0.15, -0.1) is 0 Å². The molecule has 1 aromatic heterocycles. The number of hydrogen-bond donors (Lipinski definition) is 0. The molecule has 1 aromatic rings. The van der Waals surface area contributed by atoms with Gasteiger partial charge >= 0.3 is 0 Å². The van der Waals surface area contributed by atoms with Gasteiger partial charge in [0, 0.05) is 17.4 Å². The fraction of sp³-hybridized carbons (Fsp3) is 0.417. The van der Waals surface area contributed by atoms with E-state index >= 15 is 0 Å². The number of halogens is 1. The monoisotopic (exact) mass is 251 g/mol. The molecule has 0 aromatic carbocycles. The maximum Gasteiger partial charge on any atom is 0.0504 e. The predicted octanol–water partition coefficient (Wildman–Crippen LogP) is 3.45. The third-order valence-corrected chi connectivity index (χ3v) is 3.10. The predicted molar refractivity (Wildman–Crippen MR) is 62.9 cm³/mol. The molecule has 0 amide bonds. The average molecular weight is 252 g/mol.